The first-order valence-corrected chi connectivity index (χ1v) is 4.64. The minimum Gasteiger partial charge on any atom is -0.481 e. The van der Waals surface area contributed by atoms with Crippen LogP contribution in [0, 0.1) is 0 Å². The van der Waals surface area contributed by atoms with Crippen molar-refractivity contribution in [3.63, 3.8) is 0 Å². The van der Waals surface area contributed by atoms with E-state index in [9.17, 15) is 4.79 Å². The fourth-order valence-corrected chi connectivity index (χ4v) is 1.04. The van der Waals surface area contributed by atoms with Crippen LogP contribution in [0.4, 0.5) is 0 Å². The van der Waals surface area contributed by atoms with E-state index in [0.29, 0.717) is 12.1 Å². The van der Waals surface area contributed by atoms with Crippen molar-refractivity contribution in [1.29, 1.82) is 0 Å². The van der Waals surface area contributed by atoms with E-state index in [1.807, 2.05) is 0 Å². The molecular formula is C11H14N2O2. The summed E-state index contributed by atoms with van der Waals surface area (Å²) >= 11 is 0. The number of hydrogen-bond donors (Lipinski definition) is 1. The standard InChI is InChI=1S/C11H14N2O2/c1-4-5-8-6-13-9(7-12-8)11(2,3)10(14)15/h4,6-7H,1,5H2,2-3H3,(H,14,15). The van der Waals surface area contributed by atoms with Crippen molar-refractivity contribution in [3.05, 3.63) is 36.4 Å². The fourth-order valence-electron chi connectivity index (χ4n) is 1.04. The molecule has 1 N–H and O–H groups in total. The molecule has 0 spiro atoms. The monoisotopic (exact) mass is 206 g/mol. The molecule has 0 aliphatic rings. The third kappa shape index (κ3) is 2.40. The lowest BCUT2D eigenvalue weighted by atomic mass is 9.90. The van der Waals surface area contributed by atoms with Gasteiger partial charge in [-0.25, -0.2) is 0 Å². The van der Waals surface area contributed by atoms with Gasteiger partial charge in [0.25, 0.3) is 0 Å². The van der Waals surface area contributed by atoms with Crippen LogP contribution in [0.2, 0.25) is 0 Å². The molecule has 0 unspecified atom stereocenters. The first-order valence-electron chi connectivity index (χ1n) is 4.64. The zero-order chi connectivity index (χ0) is 11.5. The first-order chi connectivity index (χ1) is 6.98. The SMILES string of the molecule is C=CCc1cnc(C(C)(C)C(=O)O)cn1. The van der Waals surface area contributed by atoms with Crippen molar-refractivity contribution < 1.29 is 9.90 Å². The predicted octanol–water partition coefficient (Wildman–Crippen LogP) is 1.57. The number of allylic oxidation sites excluding steroid dienone is 1. The van der Waals surface area contributed by atoms with Crippen molar-refractivity contribution in [2.75, 3.05) is 0 Å². The van der Waals surface area contributed by atoms with Crippen molar-refractivity contribution in [3.8, 4) is 0 Å². The van der Waals surface area contributed by atoms with Crippen molar-refractivity contribution in [1.82, 2.24) is 9.97 Å². The van der Waals surface area contributed by atoms with E-state index in [2.05, 4.69) is 16.5 Å². The number of carboxylic acids is 1. The van der Waals surface area contributed by atoms with Gasteiger partial charge in [-0.3, -0.25) is 14.8 Å². The van der Waals surface area contributed by atoms with Crippen LogP contribution in [0.5, 0.6) is 0 Å². The van der Waals surface area contributed by atoms with E-state index in [4.69, 9.17) is 5.11 Å². The summed E-state index contributed by atoms with van der Waals surface area (Å²) < 4.78 is 0. The molecular weight excluding hydrogens is 192 g/mol. The highest BCUT2D eigenvalue weighted by molar-refractivity contribution is 5.79. The number of nitrogens with zero attached hydrogens (tertiary/aromatic N) is 2. The summed E-state index contributed by atoms with van der Waals surface area (Å²) in [5.74, 6) is -0.909. The average Bonchev–Trinajstić information content (AvgIpc) is 2.19. The molecule has 0 atom stereocenters. The molecule has 1 aromatic rings. The lowest BCUT2D eigenvalue weighted by molar-refractivity contribution is -0.142. The van der Waals surface area contributed by atoms with Crippen molar-refractivity contribution >= 4 is 5.97 Å². The maximum absolute atomic E-state index is 10.9. The van der Waals surface area contributed by atoms with Gasteiger partial charge in [-0.15, -0.1) is 6.58 Å². The highest BCUT2D eigenvalue weighted by Crippen LogP contribution is 2.20. The van der Waals surface area contributed by atoms with E-state index in [1.165, 1.54) is 6.20 Å². The lowest BCUT2D eigenvalue weighted by Crippen LogP contribution is -2.29. The number of carbonyl (C=O) groups is 1. The van der Waals surface area contributed by atoms with Gasteiger partial charge in [0, 0.05) is 18.8 Å². The Morgan fingerprint density at radius 1 is 1.53 bits per heavy atom. The normalized spacial score (nSPS) is 11.1. The first kappa shape index (κ1) is 11.4. The number of carboxylic acid groups (broad SMARTS) is 1. The number of aromatic nitrogens is 2. The van der Waals surface area contributed by atoms with Gasteiger partial charge in [-0.05, 0) is 13.8 Å². The van der Waals surface area contributed by atoms with Crippen LogP contribution in [0.25, 0.3) is 0 Å². The topological polar surface area (TPSA) is 63.1 Å². The summed E-state index contributed by atoms with van der Waals surface area (Å²) in [5.41, 5.74) is 0.248. The highest BCUT2D eigenvalue weighted by Gasteiger charge is 2.31. The van der Waals surface area contributed by atoms with Crippen LogP contribution < -0.4 is 0 Å². The molecule has 1 aromatic heterocycles. The second kappa shape index (κ2) is 4.21. The molecule has 0 aromatic carbocycles. The zero-order valence-corrected chi connectivity index (χ0v) is 8.90. The molecule has 0 aliphatic carbocycles. The molecule has 0 saturated heterocycles. The molecule has 1 rings (SSSR count). The van der Waals surface area contributed by atoms with E-state index < -0.39 is 11.4 Å². The van der Waals surface area contributed by atoms with Gasteiger partial charge < -0.3 is 5.11 Å². The molecule has 0 saturated carbocycles. The molecule has 0 aliphatic heterocycles. The minimum atomic E-state index is -1.00. The largest absolute Gasteiger partial charge is 0.481 e. The van der Waals surface area contributed by atoms with Crippen molar-refractivity contribution in [2.45, 2.75) is 25.7 Å². The summed E-state index contributed by atoms with van der Waals surface area (Å²) in [6.45, 7) is 6.80. The van der Waals surface area contributed by atoms with Crippen LogP contribution in [-0.2, 0) is 16.6 Å². The lowest BCUT2D eigenvalue weighted by Gasteiger charge is -2.17. The van der Waals surface area contributed by atoms with Crippen LogP contribution in [0.1, 0.15) is 25.2 Å². The van der Waals surface area contributed by atoms with E-state index in [-0.39, 0.29) is 0 Å². The maximum atomic E-state index is 10.9. The molecule has 80 valence electrons. The Bertz CT molecular complexity index is 369. The molecule has 0 radical (unpaired) electrons. The van der Waals surface area contributed by atoms with Crippen LogP contribution in [0.3, 0.4) is 0 Å². The van der Waals surface area contributed by atoms with Gasteiger partial charge in [-0.2, -0.15) is 0 Å². The molecule has 4 heteroatoms. The molecule has 0 amide bonds. The molecule has 0 bridgehead atoms. The van der Waals surface area contributed by atoms with Crippen LogP contribution in [0.15, 0.2) is 25.0 Å². The third-order valence-electron chi connectivity index (χ3n) is 2.23. The Morgan fingerprint density at radius 2 is 2.20 bits per heavy atom. The van der Waals surface area contributed by atoms with Crippen LogP contribution in [-0.4, -0.2) is 21.0 Å². The quantitative estimate of drug-likeness (QED) is 0.759. The summed E-state index contributed by atoms with van der Waals surface area (Å²) in [6, 6.07) is 0. The average molecular weight is 206 g/mol. The second-order valence-corrected chi connectivity index (χ2v) is 3.82. The summed E-state index contributed by atoms with van der Waals surface area (Å²) in [7, 11) is 0. The Hall–Kier alpha value is -1.71. The molecule has 1 heterocycles. The van der Waals surface area contributed by atoms with Gasteiger partial charge in [0.15, 0.2) is 0 Å². The fraction of sp³-hybridized carbons (Fsp3) is 0.364. The molecule has 0 fully saturated rings. The number of rotatable bonds is 4. The summed E-state index contributed by atoms with van der Waals surface area (Å²) in [5, 5.41) is 8.98. The van der Waals surface area contributed by atoms with Gasteiger partial charge >= 0.3 is 5.97 Å². The maximum Gasteiger partial charge on any atom is 0.315 e. The third-order valence-corrected chi connectivity index (χ3v) is 2.23. The van der Waals surface area contributed by atoms with Gasteiger partial charge in [0.1, 0.15) is 5.41 Å². The smallest absolute Gasteiger partial charge is 0.315 e. The Labute approximate surface area is 88.7 Å². The highest BCUT2D eigenvalue weighted by atomic mass is 16.4. The van der Waals surface area contributed by atoms with Gasteiger partial charge in [0.05, 0.1) is 11.4 Å². The number of aliphatic carboxylic acids is 1. The van der Waals surface area contributed by atoms with E-state index in [1.54, 1.807) is 26.1 Å². The Balaban J connectivity index is 2.98. The Kier molecular flexibility index (Phi) is 3.19. The second-order valence-electron chi connectivity index (χ2n) is 3.82. The minimum absolute atomic E-state index is 0.461. The predicted molar refractivity (Wildman–Crippen MR) is 56.6 cm³/mol. The van der Waals surface area contributed by atoms with Crippen molar-refractivity contribution in [2.24, 2.45) is 0 Å². The van der Waals surface area contributed by atoms with Crippen LogP contribution >= 0.6 is 0 Å². The summed E-state index contributed by atoms with van der Waals surface area (Å²) in [6.07, 6.45) is 5.46. The summed E-state index contributed by atoms with van der Waals surface area (Å²) in [4.78, 5) is 19.2. The zero-order valence-electron chi connectivity index (χ0n) is 8.90. The van der Waals surface area contributed by atoms with Gasteiger partial charge in [-0.1, -0.05) is 6.08 Å². The Morgan fingerprint density at radius 3 is 2.60 bits per heavy atom. The molecule has 15 heavy (non-hydrogen) atoms. The van der Waals surface area contributed by atoms with Gasteiger partial charge in [0.2, 0.25) is 0 Å². The van der Waals surface area contributed by atoms with E-state index in [0.717, 1.165) is 5.69 Å². The van der Waals surface area contributed by atoms with E-state index >= 15 is 0 Å². The number of hydrogen-bond acceptors (Lipinski definition) is 3. The molecule has 4 nitrogen and oxygen atoms in total.